The van der Waals surface area contributed by atoms with Crippen molar-refractivity contribution in [1.29, 1.82) is 0 Å². The lowest BCUT2D eigenvalue weighted by Crippen LogP contribution is -2.40. The maximum atomic E-state index is 13.4. The van der Waals surface area contributed by atoms with Crippen molar-refractivity contribution >= 4 is 46.0 Å². The Morgan fingerprint density at radius 2 is 0.810 bits per heavy atom. The molecule has 58 heavy (non-hydrogen) atoms. The monoisotopic (exact) mass is 800 g/mol. The van der Waals surface area contributed by atoms with Crippen molar-refractivity contribution in [1.82, 2.24) is 19.9 Å². The van der Waals surface area contributed by atoms with Gasteiger partial charge in [0.25, 0.3) is 6.48 Å². The zero-order chi connectivity index (χ0) is 41.3. The molecule has 304 valence electrons. The molecule has 2 N–H and O–H groups in total. The van der Waals surface area contributed by atoms with Crippen LogP contribution in [0.2, 0.25) is 0 Å². The molecule has 7 rings (SSSR count). The zero-order valence-electron chi connectivity index (χ0n) is 32.4. The smallest absolute Gasteiger partial charge is 0.271 e. The summed E-state index contributed by atoms with van der Waals surface area (Å²) in [5, 5.41) is 6.11. The summed E-state index contributed by atoms with van der Waals surface area (Å²) in [6.07, 6.45) is 5.69. The van der Waals surface area contributed by atoms with Gasteiger partial charge in [0.2, 0.25) is 6.35 Å². The molecule has 0 saturated heterocycles. The standard InChI is InChI=1S/C19H16F2N4O.C16H12F2N4.C7H16O3/c1-2-26-19-24(15-7-3-13(20)4-8-15)17-18(23-12-11-22-17)25(19)16-9-5-14(21)6-10-16;17-11-1-5-13(6-2-11)21-15-16(20-10-9-19-15)22-14-7-3-12(18)4-8-14;1-4-8-7(9-5-2)10-6-3/h3-12,19H,2H2,1H3;1-10H,(H,19,21)(H,20,22);7H,4-6H2,1-3H3. The van der Waals surface area contributed by atoms with Gasteiger partial charge in [-0.2, -0.15) is 0 Å². The molecule has 1 aliphatic heterocycles. The van der Waals surface area contributed by atoms with E-state index in [9.17, 15) is 17.6 Å². The number of benzene rings is 4. The Morgan fingerprint density at radius 1 is 0.483 bits per heavy atom. The molecular formula is C42H44F4N8O4. The number of fused-ring (bicyclic) bond motifs is 1. The normalized spacial score (nSPS) is 12.0. The second-order valence-corrected chi connectivity index (χ2v) is 11.9. The summed E-state index contributed by atoms with van der Waals surface area (Å²) in [6, 6.07) is 24.0. The molecule has 3 heterocycles. The number of ether oxygens (including phenoxy) is 4. The summed E-state index contributed by atoms with van der Waals surface area (Å²) < 4.78 is 73.8. The Balaban J connectivity index is 0.000000182. The molecule has 0 aliphatic carbocycles. The van der Waals surface area contributed by atoms with Crippen molar-refractivity contribution in [3.8, 4) is 0 Å². The van der Waals surface area contributed by atoms with Crippen molar-refractivity contribution in [2.24, 2.45) is 0 Å². The molecule has 4 aromatic carbocycles. The highest BCUT2D eigenvalue weighted by molar-refractivity contribution is 5.82. The molecule has 0 spiro atoms. The number of hydrogen-bond acceptors (Lipinski definition) is 12. The van der Waals surface area contributed by atoms with Gasteiger partial charge in [-0.05, 0) is 125 Å². The van der Waals surface area contributed by atoms with Crippen molar-refractivity contribution in [2.75, 3.05) is 46.9 Å². The van der Waals surface area contributed by atoms with E-state index in [2.05, 4.69) is 30.6 Å². The molecule has 0 fully saturated rings. The van der Waals surface area contributed by atoms with Gasteiger partial charge in [-0.25, -0.2) is 37.5 Å². The van der Waals surface area contributed by atoms with E-state index in [1.165, 1.54) is 48.5 Å². The summed E-state index contributed by atoms with van der Waals surface area (Å²) in [7, 11) is 0. The van der Waals surface area contributed by atoms with Crippen LogP contribution in [0.25, 0.3) is 0 Å². The van der Waals surface area contributed by atoms with Gasteiger partial charge in [0, 0.05) is 74.0 Å². The summed E-state index contributed by atoms with van der Waals surface area (Å²) in [5.74, 6) is 0.871. The van der Waals surface area contributed by atoms with Crippen LogP contribution in [0.5, 0.6) is 0 Å². The highest BCUT2D eigenvalue weighted by Crippen LogP contribution is 2.45. The minimum atomic E-state index is -0.576. The Morgan fingerprint density at radius 3 is 1.14 bits per heavy atom. The number of halogens is 4. The third kappa shape index (κ3) is 11.9. The predicted molar refractivity (Wildman–Crippen MR) is 215 cm³/mol. The van der Waals surface area contributed by atoms with Crippen molar-refractivity contribution in [3.05, 3.63) is 145 Å². The van der Waals surface area contributed by atoms with E-state index in [4.69, 9.17) is 18.9 Å². The molecule has 0 atom stereocenters. The van der Waals surface area contributed by atoms with E-state index in [-0.39, 0.29) is 23.3 Å². The lowest BCUT2D eigenvalue weighted by atomic mass is 10.3. The lowest BCUT2D eigenvalue weighted by Gasteiger charge is -2.31. The maximum absolute atomic E-state index is 13.4. The van der Waals surface area contributed by atoms with Crippen LogP contribution in [0, 0.1) is 23.3 Å². The first-order chi connectivity index (χ1) is 28.2. The van der Waals surface area contributed by atoms with Crippen LogP contribution in [-0.2, 0) is 18.9 Å². The topological polar surface area (TPSA) is 119 Å². The molecule has 12 nitrogen and oxygen atoms in total. The first kappa shape index (κ1) is 42.9. The zero-order valence-corrected chi connectivity index (χ0v) is 32.4. The maximum Gasteiger partial charge on any atom is 0.271 e. The van der Waals surface area contributed by atoms with Crippen LogP contribution in [0.4, 0.5) is 63.6 Å². The molecule has 0 saturated carbocycles. The van der Waals surface area contributed by atoms with E-state index >= 15 is 0 Å². The molecule has 1 aliphatic rings. The molecule has 0 amide bonds. The molecule has 0 unspecified atom stereocenters. The van der Waals surface area contributed by atoms with Crippen molar-refractivity contribution in [2.45, 2.75) is 40.5 Å². The first-order valence-corrected chi connectivity index (χ1v) is 18.5. The predicted octanol–water partition coefficient (Wildman–Crippen LogP) is 9.99. The van der Waals surface area contributed by atoms with Crippen LogP contribution < -0.4 is 20.4 Å². The highest BCUT2D eigenvalue weighted by atomic mass is 19.1. The van der Waals surface area contributed by atoms with Gasteiger partial charge in [0.15, 0.2) is 23.3 Å². The number of aromatic nitrogens is 4. The average molecular weight is 801 g/mol. The lowest BCUT2D eigenvalue weighted by molar-refractivity contribution is -0.282. The Bertz CT molecular complexity index is 1970. The molecule has 6 aromatic rings. The quantitative estimate of drug-likeness (QED) is 0.0806. The highest BCUT2D eigenvalue weighted by Gasteiger charge is 2.40. The summed E-state index contributed by atoms with van der Waals surface area (Å²) in [6.45, 7) is 9.42. The molecule has 2 aromatic heterocycles. The van der Waals surface area contributed by atoms with Gasteiger partial charge in [-0.1, -0.05) is 0 Å². The van der Waals surface area contributed by atoms with E-state index in [1.807, 2.05) is 37.5 Å². The Hall–Kier alpha value is -6.20. The third-order valence-corrected chi connectivity index (χ3v) is 7.90. The Labute approximate surface area is 334 Å². The van der Waals surface area contributed by atoms with Crippen LogP contribution in [-0.4, -0.2) is 59.2 Å². The summed E-state index contributed by atoms with van der Waals surface area (Å²) in [5.41, 5.74) is 2.81. The number of anilines is 8. The van der Waals surface area contributed by atoms with Crippen molar-refractivity contribution < 1.29 is 36.5 Å². The largest absolute Gasteiger partial charge is 0.340 e. The molecule has 16 heteroatoms. The minimum Gasteiger partial charge on any atom is -0.340 e. The second kappa shape index (κ2) is 21.9. The van der Waals surface area contributed by atoms with Gasteiger partial charge in [0.1, 0.15) is 23.3 Å². The number of hydrogen-bond donors (Lipinski definition) is 2. The fraction of sp³-hybridized carbons (Fsp3) is 0.238. The van der Waals surface area contributed by atoms with Crippen LogP contribution in [0.3, 0.4) is 0 Å². The fourth-order valence-electron chi connectivity index (χ4n) is 5.40. The van der Waals surface area contributed by atoms with Crippen molar-refractivity contribution in [3.63, 3.8) is 0 Å². The van der Waals surface area contributed by atoms with Gasteiger partial charge < -0.3 is 29.6 Å². The summed E-state index contributed by atoms with van der Waals surface area (Å²) >= 11 is 0. The second-order valence-electron chi connectivity index (χ2n) is 11.9. The van der Waals surface area contributed by atoms with Crippen LogP contribution in [0.1, 0.15) is 27.7 Å². The van der Waals surface area contributed by atoms with Gasteiger partial charge in [-0.15, -0.1) is 0 Å². The average Bonchev–Trinajstić information content (AvgIpc) is 3.55. The number of nitrogens with zero attached hydrogens (tertiary/aromatic N) is 6. The van der Waals surface area contributed by atoms with E-state index in [1.54, 1.807) is 73.3 Å². The third-order valence-electron chi connectivity index (χ3n) is 7.90. The van der Waals surface area contributed by atoms with E-state index in [0.717, 1.165) is 11.4 Å². The number of nitrogens with one attached hydrogen (secondary N) is 2. The SMILES string of the molecule is CCOC(OCC)OCC.CCOC1N(c2ccc(F)cc2)c2nccnc2N1c1ccc(F)cc1.Fc1ccc(Nc2nccnc2Nc2ccc(F)cc2)cc1. The van der Waals surface area contributed by atoms with Gasteiger partial charge >= 0.3 is 0 Å². The summed E-state index contributed by atoms with van der Waals surface area (Å²) in [4.78, 5) is 21.0. The van der Waals surface area contributed by atoms with E-state index in [0.29, 0.717) is 61.1 Å². The van der Waals surface area contributed by atoms with Crippen LogP contribution in [0.15, 0.2) is 122 Å². The molecule has 0 radical (unpaired) electrons. The minimum absolute atomic E-state index is 0.311. The van der Waals surface area contributed by atoms with Crippen LogP contribution >= 0.6 is 0 Å². The first-order valence-electron chi connectivity index (χ1n) is 18.5. The molecule has 0 bridgehead atoms. The Kier molecular flexibility index (Phi) is 16.2. The van der Waals surface area contributed by atoms with Gasteiger partial charge in [-0.3, -0.25) is 9.80 Å². The fourth-order valence-corrected chi connectivity index (χ4v) is 5.40. The van der Waals surface area contributed by atoms with Gasteiger partial charge in [0.05, 0.1) is 0 Å². The van der Waals surface area contributed by atoms with E-state index < -0.39 is 12.8 Å². The number of rotatable bonds is 14. The molecular weight excluding hydrogens is 757 g/mol.